The molecule has 0 radical (unpaired) electrons. The van der Waals surface area contributed by atoms with Crippen LogP contribution in [0.15, 0.2) is 23.9 Å². The SMILES string of the molecule is O=C1C=C(N2CCCCC2)C(=O)C2C3C=CC(C3)C12. The first kappa shape index (κ1) is 11.4. The van der Waals surface area contributed by atoms with Gasteiger partial charge in [0.05, 0.1) is 5.70 Å². The maximum Gasteiger partial charge on any atom is 0.183 e. The van der Waals surface area contributed by atoms with Gasteiger partial charge in [0.15, 0.2) is 11.6 Å². The quantitative estimate of drug-likeness (QED) is 0.674. The Kier molecular flexibility index (Phi) is 2.44. The molecule has 19 heavy (non-hydrogen) atoms. The molecule has 0 aromatic carbocycles. The highest BCUT2D eigenvalue weighted by molar-refractivity contribution is 6.11. The van der Waals surface area contributed by atoms with Crippen molar-refractivity contribution >= 4 is 11.6 Å². The lowest BCUT2D eigenvalue weighted by molar-refractivity contribution is -0.131. The molecule has 100 valence electrons. The molecule has 4 rings (SSSR count). The molecule has 1 saturated carbocycles. The molecule has 0 spiro atoms. The van der Waals surface area contributed by atoms with Gasteiger partial charge in [-0.25, -0.2) is 0 Å². The van der Waals surface area contributed by atoms with Crippen molar-refractivity contribution in [2.75, 3.05) is 13.1 Å². The number of hydrogen-bond donors (Lipinski definition) is 0. The fraction of sp³-hybridized carbons (Fsp3) is 0.625. The summed E-state index contributed by atoms with van der Waals surface area (Å²) in [5.41, 5.74) is 0.715. The second kappa shape index (κ2) is 4.06. The lowest BCUT2D eigenvalue weighted by Gasteiger charge is -2.36. The van der Waals surface area contributed by atoms with Gasteiger partial charge in [0, 0.05) is 31.0 Å². The van der Waals surface area contributed by atoms with Crippen molar-refractivity contribution in [3.8, 4) is 0 Å². The molecule has 0 amide bonds. The van der Waals surface area contributed by atoms with E-state index in [1.165, 1.54) is 6.42 Å². The minimum Gasteiger partial charge on any atom is -0.369 e. The molecule has 1 aliphatic heterocycles. The molecule has 3 aliphatic carbocycles. The molecule has 0 aromatic heterocycles. The van der Waals surface area contributed by atoms with Gasteiger partial charge in [0.2, 0.25) is 0 Å². The van der Waals surface area contributed by atoms with Crippen LogP contribution in [0, 0.1) is 23.7 Å². The standard InChI is InChI=1S/C16H19NO2/c18-13-9-12(17-6-2-1-3-7-17)16(19)15-11-5-4-10(8-11)14(13)15/h4-5,9-11,14-15H,1-3,6-8H2. The van der Waals surface area contributed by atoms with Gasteiger partial charge < -0.3 is 4.90 Å². The van der Waals surface area contributed by atoms with E-state index in [4.69, 9.17) is 0 Å². The summed E-state index contributed by atoms with van der Waals surface area (Å²) in [7, 11) is 0. The minimum atomic E-state index is -0.0515. The number of carbonyl (C=O) groups is 2. The largest absolute Gasteiger partial charge is 0.369 e. The molecule has 3 heteroatoms. The second-order valence-electron chi connectivity index (χ2n) is 6.34. The van der Waals surface area contributed by atoms with Crippen molar-refractivity contribution in [1.29, 1.82) is 0 Å². The number of likely N-dealkylation sites (tertiary alicyclic amines) is 1. The third-order valence-electron chi connectivity index (χ3n) is 5.32. The number of allylic oxidation sites excluding steroid dienone is 4. The highest BCUT2D eigenvalue weighted by Gasteiger charge is 2.53. The van der Waals surface area contributed by atoms with Gasteiger partial charge in [-0.2, -0.15) is 0 Å². The molecule has 2 fully saturated rings. The van der Waals surface area contributed by atoms with Crippen LogP contribution in [0.5, 0.6) is 0 Å². The van der Waals surface area contributed by atoms with Crippen molar-refractivity contribution in [3.05, 3.63) is 23.9 Å². The predicted octanol–water partition coefficient (Wildman–Crippen LogP) is 1.95. The predicted molar refractivity (Wildman–Crippen MR) is 71.2 cm³/mol. The summed E-state index contributed by atoms with van der Waals surface area (Å²) in [4.78, 5) is 27.3. The Morgan fingerprint density at radius 1 is 0.947 bits per heavy atom. The maximum absolute atomic E-state index is 12.7. The molecular weight excluding hydrogens is 238 g/mol. The first-order valence-corrected chi connectivity index (χ1v) is 7.49. The summed E-state index contributed by atoms with van der Waals surface area (Å²) in [5.74, 6) is 0.983. The summed E-state index contributed by atoms with van der Waals surface area (Å²) in [6.45, 7) is 1.87. The van der Waals surface area contributed by atoms with Gasteiger partial charge in [0.1, 0.15) is 0 Å². The summed E-state index contributed by atoms with van der Waals surface area (Å²) in [6.07, 6.45) is 10.5. The van der Waals surface area contributed by atoms with Crippen LogP contribution >= 0.6 is 0 Å². The number of hydrogen-bond acceptors (Lipinski definition) is 3. The van der Waals surface area contributed by atoms with Crippen LogP contribution in [0.4, 0.5) is 0 Å². The number of nitrogens with zero attached hydrogens (tertiary/aromatic N) is 1. The van der Waals surface area contributed by atoms with E-state index >= 15 is 0 Å². The zero-order valence-electron chi connectivity index (χ0n) is 11.0. The van der Waals surface area contributed by atoms with Crippen LogP contribution in [0.3, 0.4) is 0 Å². The van der Waals surface area contributed by atoms with E-state index < -0.39 is 0 Å². The molecule has 4 aliphatic rings. The molecule has 1 saturated heterocycles. The molecule has 4 unspecified atom stereocenters. The summed E-state index contributed by atoms with van der Waals surface area (Å²) < 4.78 is 0. The Labute approximate surface area is 113 Å². The first-order chi connectivity index (χ1) is 9.25. The second-order valence-corrected chi connectivity index (χ2v) is 6.34. The molecule has 3 nitrogen and oxygen atoms in total. The van der Waals surface area contributed by atoms with Gasteiger partial charge >= 0.3 is 0 Å². The fourth-order valence-corrected chi connectivity index (χ4v) is 4.42. The Morgan fingerprint density at radius 3 is 2.37 bits per heavy atom. The minimum absolute atomic E-state index is 0.0453. The van der Waals surface area contributed by atoms with Crippen LogP contribution < -0.4 is 0 Å². The fourth-order valence-electron chi connectivity index (χ4n) is 4.42. The van der Waals surface area contributed by atoms with Crippen molar-refractivity contribution < 1.29 is 9.59 Å². The smallest absolute Gasteiger partial charge is 0.183 e. The number of carbonyl (C=O) groups excluding carboxylic acids is 2. The van der Waals surface area contributed by atoms with Crippen LogP contribution in [0.1, 0.15) is 25.7 Å². The molecule has 1 heterocycles. The molecule has 4 atom stereocenters. The third kappa shape index (κ3) is 1.57. The number of rotatable bonds is 1. The van der Waals surface area contributed by atoms with Crippen LogP contribution in [0.25, 0.3) is 0 Å². The Balaban J connectivity index is 1.67. The van der Waals surface area contributed by atoms with Gasteiger partial charge in [-0.05, 0) is 37.5 Å². The zero-order valence-corrected chi connectivity index (χ0v) is 11.0. The normalized spacial score (nSPS) is 40.6. The number of fused-ring (bicyclic) bond motifs is 5. The van der Waals surface area contributed by atoms with Gasteiger partial charge in [-0.15, -0.1) is 0 Å². The van der Waals surface area contributed by atoms with Crippen LogP contribution in [-0.2, 0) is 9.59 Å². The van der Waals surface area contributed by atoms with E-state index in [-0.39, 0.29) is 23.4 Å². The third-order valence-corrected chi connectivity index (χ3v) is 5.32. The van der Waals surface area contributed by atoms with Crippen molar-refractivity contribution in [2.24, 2.45) is 23.7 Å². The van der Waals surface area contributed by atoms with E-state index in [1.54, 1.807) is 6.08 Å². The topological polar surface area (TPSA) is 37.4 Å². The van der Waals surface area contributed by atoms with Crippen LogP contribution in [-0.4, -0.2) is 29.6 Å². The van der Waals surface area contributed by atoms with E-state index in [2.05, 4.69) is 17.1 Å². The van der Waals surface area contributed by atoms with Gasteiger partial charge in [-0.1, -0.05) is 12.2 Å². The number of piperidine rings is 1. The summed E-state index contributed by atoms with van der Waals surface area (Å²) in [5, 5.41) is 0. The highest BCUT2D eigenvalue weighted by atomic mass is 16.1. The van der Waals surface area contributed by atoms with Crippen molar-refractivity contribution in [3.63, 3.8) is 0 Å². The van der Waals surface area contributed by atoms with Crippen LogP contribution in [0.2, 0.25) is 0 Å². The van der Waals surface area contributed by atoms with E-state index in [1.807, 2.05) is 0 Å². The lowest BCUT2D eigenvalue weighted by Crippen LogP contribution is -2.43. The Morgan fingerprint density at radius 2 is 1.63 bits per heavy atom. The zero-order chi connectivity index (χ0) is 13.0. The Bertz CT molecular complexity index is 499. The number of ketones is 2. The van der Waals surface area contributed by atoms with Gasteiger partial charge in [0.25, 0.3) is 0 Å². The van der Waals surface area contributed by atoms with E-state index in [9.17, 15) is 9.59 Å². The van der Waals surface area contributed by atoms with Gasteiger partial charge in [-0.3, -0.25) is 9.59 Å². The summed E-state index contributed by atoms with van der Waals surface area (Å²) in [6, 6.07) is 0. The van der Waals surface area contributed by atoms with Crippen molar-refractivity contribution in [2.45, 2.75) is 25.7 Å². The van der Waals surface area contributed by atoms with E-state index in [0.717, 1.165) is 32.4 Å². The lowest BCUT2D eigenvalue weighted by atomic mass is 9.73. The number of Topliss-reactive ketones (excluding diaryl/α,β-unsaturated/α-hetero) is 1. The first-order valence-electron chi connectivity index (χ1n) is 7.49. The maximum atomic E-state index is 12.7. The summed E-state index contributed by atoms with van der Waals surface area (Å²) >= 11 is 0. The Hall–Kier alpha value is -1.38. The van der Waals surface area contributed by atoms with Crippen molar-refractivity contribution in [1.82, 2.24) is 4.90 Å². The average molecular weight is 257 g/mol. The molecular formula is C16H19NO2. The molecule has 0 N–H and O–H groups in total. The molecule has 0 aromatic rings. The van der Waals surface area contributed by atoms with E-state index in [0.29, 0.717) is 17.5 Å². The highest BCUT2D eigenvalue weighted by Crippen LogP contribution is 2.51. The average Bonchev–Trinajstić information content (AvgIpc) is 3.05. The molecule has 2 bridgehead atoms. The monoisotopic (exact) mass is 257 g/mol.